The van der Waals surface area contributed by atoms with Crippen molar-refractivity contribution in [1.29, 1.82) is 0 Å². The summed E-state index contributed by atoms with van der Waals surface area (Å²) in [6, 6.07) is 12.9. The van der Waals surface area contributed by atoms with Gasteiger partial charge in [-0.05, 0) is 72.9 Å². The van der Waals surface area contributed by atoms with Crippen molar-refractivity contribution in [1.82, 2.24) is 0 Å². The Hall–Kier alpha value is -3.91. The Kier molecular flexibility index (Phi) is 22.2. The number of carbonyl (C=O) groups excluding carboxylic acids is 1. The zero-order chi connectivity index (χ0) is 43.8. The molecule has 0 saturated carbocycles. The van der Waals surface area contributed by atoms with Crippen molar-refractivity contribution in [3.63, 3.8) is 0 Å². The van der Waals surface area contributed by atoms with Crippen LogP contribution >= 0.6 is 0 Å². The van der Waals surface area contributed by atoms with E-state index in [2.05, 4.69) is 43.5 Å². The number of quaternary nitrogens is 2. The molecule has 0 aromatic heterocycles. The van der Waals surface area contributed by atoms with Crippen LogP contribution in [0.2, 0.25) is 0 Å². The zero-order valence-electron chi connectivity index (χ0n) is 38.9. The van der Waals surface area contributed by atoms with Crippen LogP contribution in [-0.4, -0.2) is 111 Å². The standard InChI is InChI=1S/C50H72N2O9.2BrH/c1-10-24-51(27-22-40-39(36-51)34-47(58-7)50(60-9)49(40)59-8)28-23-48(53)61-30-18-16-14-12-13-15-17-26-52(25-11-2)29-21-38-33-45(56-5)46(57-6)35-41(38)42(52)31-37-19-20-43(54-3)44(32-37)55-4;;/h10-11,19-20,32-35,42H,1-2,12-18,21-31,36H2,3-9H3;2*1H/q+2;;/p-2/t42-,51?,52?;;/m1../s1. The Morgan fingerprint density at radius 1 is 0.635 bits per heavy atom. The number of hydrogen-bond donors (Lipinski definition) is 0. The lowest BCUT2D eigenvalue weighted by molar-refractivity contribution is -0.954. The number of carbonyl (C=O) groups is 1. The number of fused-ring (bicyclic) bond motifs is 2. The van der Waals surface area contributed by atoms with Crippen LogP contribution in [0.4, 0.5) is 0 Å². The first kappa shape index (κ1) is 53.4. The molecule has 0 amide bonds. The second-order valence-corrected chi connectivity index (χ2v) is 16.6. The fourth-order valence-corrected chi connectivity index (χ4v) is 9.81. The molecular formula is C50H72Br2N2O9. The Labute approximate surface area is 398 Å². The summed E-state index contributed by atoms with van der Waals surface area (Å²) >= 11 is 0. The van der Waals surface area contributed by atoms with Crippen molar-refractivity contribution in [3.8, 4) is 40.2 Å². The molecule has 3 aromatic rings. The molecule has 3 aromatic carbocycles. The molecule has 2 aliphatic heterocycles. The number of benzene rings is 3. The number of nitrogens with zero attached hydrogens (tertiary/aromatic N) is 2. The van der Waals surface area contributed by atoms with Crippen LogP contribution in [0.15, 0.2) is 61.7 Å². The molecule has 5 rings (SSSR count). The molecule has 2 unspecified atom stereocenters. The predicted molar refractivity (Wildman–Crippen MR) is 241 cm³/mol. The number of halogens is 2. The van der Waals surface area contributed by atoms with Crippen molar-refractivity contribution in [2.75, 3.05) is 95.6 Å². The summed E-state index contributed by atoms with van der Waals surface area (Å²) in [5.41, 5.74) is 6.15. The van der Waals surface area contributed by atoms with Gasteiger partial charge in [0.25, 0.3) is 0 Å². The molecule has 2 heterocycles. The first-order chi connectivity index (χ1) is 29.7. The molecule has 0 spiro atoms. The molecule has 0 saturated heterocycles. The summed E-state index contributed by atoms with van der Waals surface area (Å²) in [7, 11) is 11.7. The molecule has 0 N–H and O–H groups in total. The van der Waals surface area contributed by atoms with Crippen LogP contribution in [0.1, 0.15) is 85.2 Å². The highest BCUT2D eigenvalue weighted by molar-refractivity contribution is 5.69. The maximum Gasteiger partial charge on any atom is 0.311 e. The van der Waals surface area contributed by atoms with Crippen LogP contribution in [0.3, 0.4) is 0 Å². The van der Waals surface area contributed by atoms with Crippen molar-refractivity contribution in [2.45, 2.75) is 83.2 Å². The van der Waals surface area contributed by atoms with E-state index in [0.717, 1.165) is 133 Å². The summed E-state index contributed by atoms with van der Waals surface area (Å²) in [5.74, 6) is 4.89. The molecule has 0 radical (unpaired) electrons. The smallest absolute Gasteiger partial charge is 0.311 e. The van der Waals surface area contributed by atoms with Crippen molar-refractivity contribution in [3.05, 3.63) is 89.5 Å². The van der Waals surface area contributed by atoms with Gasteiger partial charge in [-0.1, -0.05) is 44.9 Å². The summed E-state index contributed by atoms with van der Waals surface area (Å²) in [6.07, 6.45) is 14.8. The van der Waals surface area contributed by atoms with Crippen LogP contribution in [0, 0.1) is 0 Å². The van der Waals surface area contributed by atoms with E-state index in [4.69, 9.17) is 37.9 Å². The van der Waals surface area contributed by atoms with Gasteiger partial charge in [0, 0.05) is 36.0 Å². The van der Waals surface area contributed by atoms with E-state index in [9.17, 15) is 4.79 Å². The fourth-order valence-electron chi connectivity index (χ4n) is 9.81. The summed E-state index contributed by atoms with van der Waals surface area (Å²) in [5, 5.41) is 0. The van der Waals surface area contributed by atoms with E-state index in [-0.39, 0.29) is 46.0 Å². The topological polar surface area (TPSA) is 90.9 Å². The van der Waals surface area contributed by atoms with Crippen LogP contribution in [0.5, 0.6) is 40.2 Å². The molecular weight excluding hydrogens is 932 g/mol. The number of esters is 1. The quantitative estimate of drug-likeness (QED) is 0.0522. The first-order valence-corrected chi connectivity index (χ1v) is 22.0. The van der Waals surface area contributed by atoms with Gasteiger partial charge in [0.1, 0.15) is 12.6 Å². The Bertz CT molecular complexity index is 1940. The SMILES string of the molecule is C=CC[N+]1(CCC(=O)OCCCCCCCCC[N+]2(CC=C)CCc3cc(OC)c(OC)cc3[C@H]2Cc2ccc(OC)c(OC)c2)CCc2c(cc(OC)c(OC)c2OC)C1.[Br-].[Br-]. The number of ether oxygens (including phenoxy) is 8. The minimum atomic E-state index is -0.129. The zero-order valence-corrected chi connectivity index (χ0v) is 42.0. The summed E-state index contributed by atoms with van der Waals surface area (Å²) in [6.45, 7) is 14.9. The van der Waals surface area contributed by atoms with Gasteiger partial charge < -0.3 is 80.8 Å². The minimum Gasteiger partial charge on any atom is -1.00 e. The lowest BCUT2D eigenvalue weighted by Crippen LogP contribution is -3.00. The van der Waals surface area contributed by atoms with Gasteiger partial charge in [0.05, 0.1) is 102 Å². The lowest BCUT2D eigenvalue weighted by atomic mass is 9.85. The molecule has 350 valence electrons. The van der Waals surface area contributed by atoms with E-state index < -0.39 is 0 Å². The minimum absolute atomic E-state index is 0. The van der Waals surface area contributed by atoms with E-state index in [0.29, 0.717) is 31.1 Å². The highest BCUT2D eigenvalue weighted by Gasteiger charge is 2.42. The third kappa shape index (κ3) is 13.1. The molecule has 0 fully saturated rings. The first-order valence-electron chi connectivity index (χ1n) is 22.0. The maximum absolute atomic E-state index is 12.9. The van der Waals surface area contributed by atoms with Crippen molar-refractivity contribution >= 4 is 5.97 Å². The van der Waals surface area contributed by atoms with Gasteiger partial charge in [-0.15, -0.1) is 0 Å². The van der Waals surface area contributed by atoms with Gasteiger partial charge in [-0.2, -0.15) is 0 Å². The second-order valence-electron chi connectivity index (χ2n) is 16.6. The third-order valence-corrected chi connectivity index (χ3v) is 13.0. The third-order valence-electron chi connectivity index (χ3n) is 13.0. The van der Waals surface area contributed by atoms with Gasteiger partial charge in [0.2, 0.25) is 5.75 Å². The summed E-state index contributed by atoms with van der Waals surface area (Å²) < 4.78 is 47.2. The van der Waals surface area contributed by atoms with E-state index in [1.165, 1.54) is 36.0 Å². The largest absolute Gasteiger partial charge is 1.00 e. The van der Waals surface area contributed by atoms with E-state index in [1.54, 1.807) is 49.8 Å². The number of rotatable bonds is 26. The Morgan fingerprint density at radius 3 is 1.87 bits per heavy atom. The van der Waals surface area contributed by atoms with Crippen LogP contribution < -0.4 is 67.1 Å². The molecule has 2 aliphatic rings. The van der Waals surface area contributed by atoms with Gasteiger partial charge in [0.15, 0.2) is 34.5 Å². The fraction of sp³-hybridized carbons (Fsp3) is 0.540. The highest BCUT2D eigenvalue weighted by Crippen LogP contribution is 2.46. The molecule has 0 bridgehead atoms. The van der Waals surface area contributed by atoms with Gasteiger partial charge in [-0.3, -0.25) is 4.79 Å². The van der Waals surface area contributed by atoms with E-state index in [1.807, 2.05) is 18.2 Å². The highest BCUT2D eigenvalue weighted by atomic mass is 79.9. The number of methoxy groups -OCH3 is 7. The van der Waals surface area contributed by atoms with Crippen molar-refractivity contribution < 1.29 is 85.6 Å². The van der Waals surface area contributed by atoms with Crippen LogP contribution in [-0.2, 0) is 35.3 Å². The molecule has 0 aliphatic carbocycles. The predicted octanol–water partition coefficient (Wildman–Crippen LogP) is 3.02. The average Bonchev–Trinajstić information content (AvgIpc) is 3.28. The summed E-state index contributed by atoms with van der Waals surface area (Å²) in [4.78, 5) is 12.9. The van der Waals surface area contributed by atoms with E-state index >= 15 is 0 Å². The Morgan fingerprint density at radius 2 is 1.24 bits per heavy atom. The molecule has 13 heteroatoms. The average molecular weight is 1000 g/mol. The second kappa shape index (κ2) is 26.1. The lowest BCUT2D eigenvalue weighted by Gasteiger charge is -2.48. The molecule has 63 heavy (non-hydrogen) atoms. The normalized spacial score (nSPS) is 18.6. The van der Waals surface area contributed by atoms with Gasteiger partial charge in [-0.25, -0.2) is 0 Å². The number of unbranched alkanes of at least 4 members (excludes halogenated alkanes) is 6. The van der Waals surface area contributed by atoms with Crippen molar-refractivity contribution in [2.24, 2.45) is 0 Å². The Balaban J connectivity index is 0.00000528. The van der Waals surface area contributed by atoms with Gasteiger partial charge >= 0.3 is 5.97 Å². The number of hydrogen-bond acceptors (Lipinski definition) is 9. The monoisotopic (exact) mass is 1000 g/mol. The van der Waals surface area contributed by atoms with Crippen LogP contribution in [0.25, 0.3) is 0 Å². The molecule has 3 atom stereocenters. The molecule has 11 nitrogen and oxygen atoms in total. The maximum atomic E-state index is 12.9.